The van der Waals surface area contributed by atoms with E-state index in [9.17, 15) is 9.59 Å². The summed E-state index contributed by atoms with van der Waals surface area (Å²) < 4.78 is 9.17. The van der Waals surface area contributed by atoms with Gasteiger partial charge in [0.2, 0.25) is 0 Å². The lowest BCUT2D eigenvalue weighted by molar-refractivity contribution is -0.138. The van der Waals surface area contributed by atoms with Gasteiger partial charge in [0.25, 0.3) is 0 Å². The average Bonchev–Trinajstić information content (AvgIpc) is 2.29. The van der Waals surface area contributed by atoms with Gasteiger partial charge in [-0.1, -0.05) is 0 Å². The predicted molar refractivity (Wildman–Crippen MR) is 72.8 cm³/mol. The van der Waals surface area contributed by atoms with Gasteiger partial charge in [0.1, 0.15) is 25.0 Å². The molecule has 8 nitrogen and oxygen atoms in total. The number of rotatable bonds is 4. The molecule has 0 bridgehead atoms. The van der Waals surface area contributed by atoms with E-state index in [1.165, 1.54) is 25.0 Å². The van der Waals surface area contributed by atoms with Crippen molar-refractivity contribution in [3.63, 3.8) is 0 Å². The van der Waals surface area contributed by atoms with Gasteiger partial charge >= 0.3 is 11.9 Å². The zero-order chi connectivity index (χ0) is 16.0. The van der Waals surface area contributed by atoms with Gasteiger partial charge in [-0.25, -0.2) is 0 Å². The fourth-order valence-corrected chi connectivity index (χ4v) is 0.760. The minimum Gasteiger partial charge on any atom is -0.480 e. The maximum absolute atomic E-state index is 9.77. The van der Waals surface area contributed by atoms with E-state index in [-0.39, 0.29) is 13.1 Å². The molecule has 0 saturated heterocycles. The van der Waals surface area contributed by atoms with Crippen LogP contribution in [0.1, 0.15) is 0 Å². The van der Waals surface area contributed by atoms with Gasteiger partial charge in [0.05, 0.1) is 13.1 Å². The van der Waals surface area contributed by atoms with Gasteiger partial charge in [-0.2, -0.15) is 0 Å². The summed E-state index contributed by atoms with van der Waals surface area (Å²) in [7, 11) is 6.87. The molecular weight excluding hydrogens is 268 g/mol. The molecule has 1 heterocycles. The minimum absolute atomic E-state index is 0.111. The van der Waals surface area contributed by atoms with Crippen LogP contribution in [0.2, 0.25) is 0 Å². The molecule has 0 aromatic rings. The van der Waals surface area contributed by atoms with Crippen LogP contribution in [0.4, 0.5) is 0 Å². The lowest BCUT2D eigenvalue weighted by Gasteiger charge is -2.01. The molecule has 2 N–H and O–H groups in total. The Bertz CT molecular complexity index is 286. The average molecular weight is 290 g/mol. The molecule has 20 heavy (non-hydrogen) atoms. The van der Waals surface area contributed by atoms with Crippen molar-refractivity contribution in [1.82, 2.24) is 9.80 Å². The van der Waals surface area contributed by atoms with E-state index in [1.54, 1.807) is 38.0 Å². The number of nitrogens with zero attached hydrogens (tertiary/aromatic N) is 2. The first-order valence-electron chi connectivity index (χ1n) is 5.59. The van der Waals surface area contributed by atoms with Crippen molar-refractivity contribution in [3.8, 4) is 0 Å². The lowest BCUT2D eigenvalue weighted by Crippen LogP contribution is -2.20. The molecule has 0 fully saturated rings. The smallest absolute Gasteiger partial charge is 0.317 e. The summed E-state index contributed by atoms with van der Waals surface area (Å²) in [5.74, 6) is -1.57. The number of hydrogen-bond donors (Lipinski definition) is 2. The standard InChI is InChI=1S/2C4H9NO2.C4H4O2/c2*1-5(2)3-4(6)7;1-2-6-4-3-5-1/h2*3H2,1-2H3,(H,6,7);1-4H. The summed E-state index contributed by atoms with van der Waals surface area (Å²) in [6.45, 7) is 0.222. The van der Waals surface area contributed by atoms with Crippen LogP contribution in [-0.4, -0.2) is 73.2 Å². The van der Waals surface area contributed by atoms with Crippen LogP contribution in [0.15, 0.2) is 25.0 Å². The first-order valence-corrected chi connectivity index (χ1v) is 5.59. The largest absolute Gasteiger partial charge is 0.480 e. The van der Waals surface area contributed by atoms with Crippen molar-refractivity contribution in [2.24, 2.45) is 0 Å². The highest BCUT2D eigenvalue weighted by atomic mass is 16.5. The van der Waals surface area contributed by atoms with E-state index in [2.05, 4.69) is 9.47 Å². The van der Waals surface area contributed by atoms with Crippen molar-refractivity contribution >= 4 is 11.9 Å². The normalized spacial score (nSPS) is 11.5. The second-order valence-corrected chi connectivity index (χ2v) is 4.08. The molecule has 1 aliphatic heterocycles. The number of carbonyl (C=O) groups is 2. The quantitative estimate of drug-likeness (QED) is 0.759. The number of carboxylic acid groups (broad SMARTS) is 2. The molecule has 0 spiro atoms. The van der Waals surface area contributed by atoms with Crippen LogP contribution in [0, 0.1) is 0 Å². The summed E-state index contributed by atoms with van der Waals surface area (Å²) >= 11 is 0. The van der Waals surface area contributed by atoms with Gasteiger partial charge in [-0.05, 0) is 28.2 Å². The molecule has 0 radical (unpaired) electrons. The van der Waals surface area contributed by atoms with Crippen LogP contribution >= 0.6 is 0 Å². The molecule has 0 saturated carbocycles. The second-order valence-electron chi connectivity index (χ2n) is 4.08. The Morgan fingerprint density at radius 3 is 1.10 bits per heavy atom. The van der Waals surface area contributed by atoms with E-state index in [4.69, 9.17) is 10.2 Å². The highest BCUT2D eigenvalue weighted by Gasteiger charge is 1.95. The maximum Gasteiger partial charge on any atom is 0.317 e. The fraction of sp³-hybridized carbons (Fsp3) is 0.500. The molecule has 1 aliphatic rings. The molecule has 0 aromatic carbocycles. The Morgan fingerprint density at radius 2 is 1.05 bits per heavy atom. The maximum atomic E-state index is 9.77. The molecule has 0 unspecified atom stereocenters. The third-order valence-electron chi connectivity index (χ3n) is 1.33. The van der Waals surface area contributed by atoms with Gasteiger partial charge in [-0.15, -0.1) is 0 Å². The summed E-state index contributed by atoms with van der Waals surface area (Å²) in [6, 6.07) is 0. The minimum atomic E-state index is -0.787. The molecule has 0 aromatic heterocycles. The summed E-state index contributed by atoms with van der Waals surface area (Å²) in [6.07, 6.45) is 5.83. The van der Waals surface area contributed by atoms with E-state index >= 15 is 0 Å². The van der Waals surface area contributed by atoms with E-state index in [0.29, 0.717) is 0 Å². The molecule has 0 aliphatic carbocycles. The monoisotopic (exact) mass is 290 g/mol. The summed E-state index contributed by atoms with van der Waals surface area (Å²) in [4.78, 5) is 22.7. The van der Waals surface area contributed by atoms with Crippen molar-refractivity contribution in [3.05, 3.63) is 25.0 Å². The number of likely N-dealkylation sites (N-methyl/N-ethyl adjacent to an activating group) is 2. The van der Waals surface area contributed by atoms with Crippen molar-refractivity contribution in [2.45, 2.75) is 0 Å². The predicted octanol–water partition coefficient (Wildman–Crippen LogP) is 0.241. The zero-order valence-corrected chi connectivity index (χ0v) is 12.1. The van der Waals surface area contributed by atoms with Crippen LogP contribution in [0.3, 0.4) is 0 Å². The highest BCUT2D eigenvalue weighted by molar-refractivity contribution is 5.69. The highest BCUT2D eigenvalue weighted by Crippen LogP contribution is 1.89. The van der Waals surface area contributed by atoms with Gasteiger partial charge < -0.3 is 19.7 Å². The first-order chi connectivity index (χ1) is 9.25. The van der Waals surface area contributed by atoms with Crippen LogP contribution in [-0.2, 0) is 19.1 Å². The van der Waals surface area contributed by atoms with Gasteiger partial charge in [0, 0.05) is 0 Å². The third kappa shape index (κ3) is 25.0. The molecule has 0 atom stereocenters. The number of ether oxygens (including phenoxy) is 2. The SMILES string of the molecule is C1=COC=CO1.CN(C)CC(=O)O.CN(C)CC(=O)O. The Balaban J connectivity index is 0. The molecule has 1 rings (SSSR count). The van der Waals surface area contributed by atoms with Crippen molar-refractivity contribution in [1.29, 1.82) is 0 Å². The van der Waals surface area contributed by atoms with E-state index in [0.717, 1.165) is 0 Å². The Kier molecular flexibility index (Phi) is 13.5. The number of hydrogen-bond acceptors (Lipinski definition) is 6. The van der Waals surface area contributed by atoms with Gasteiger partial charge in [0.15, 0.2) is 0 Å². The van der Waals surface area contributed by atoms with Crippen LogP contribution < -0.4 is 0 Å². The zero-order valence-electron chi connectivity index (χ0n) is 12.1. The van der Waals surface area contributed by atoms with E-state index in [1.807, 2.05) is 0 Å². The topological polar surface area (TPSA) is 99.5 Å². The molecule has 8 heteroatoms. The fourth-order valence-electron chi connectivity index (χ4n) is 0.760. The van der Waals surface area contributed by atoms with Crippen molar-refractivity contribution < 1.29 is 29.3 Å². The molecular formula is C12H22N2O6. The van der Waals surface area contributed by atoms with Crippen molar-refractivity contribution in [2.75, 3.05) is 41.3 Å². The second kappa shape index (κ2) is 13.4. The van der Waals surface area contributed by atoms with E-state index < -0.39 is 11.9 Å². The van der Waals surface area contributed by atoms with Gasteiger partial charge in [-0.3, -0.25) is 19.4 Å². The summed E-state index contributed by atoms with van der Waals surface area (Å²) in [5, 5.41) is 16.1. The molecule has 0 amide bonds. The first kappa shape index (κ1) is 20.3. The number of carboxylic acids is 2. The third-order valence-corrected chi connectivity index (χ3v) is 1.33. The van der Waals surface area contributed by atoms with Crippen LogP contribution in [0.25, 0.3) is 0 Å². The number of aliphatic carboxylic acids is 2. The lowest BCUT2D eigenvalue weighted by atomic mass is 10.6. The van der Waals surface area contributed by atoms with Crippen LogP contribution in [0.5, 0.6) is 0 Å². The molecule has 116 valence electrons. The Hall–Kier alpha value is -2.06. The summed E-state index contributed by atoms with van der Waals surface area (Å²) in [5.41, 5.74) is 0. The Morgan fingerprint density at radius 1 is 0.800 bits per heavy atom. The Labute approximate surface area is 118 Å².